The van der Waals surface area contributed by atoms with Crippen LogP contribution in [0.3, 0.4) is 0 Å². The molecule has 37 heavy (non-hydrogen) atoms. The topological polar surface area (TPSA) is 59.4 Å². The highest BCUT2D eigenvalue weighted by Crippen LogP contribution is 2.46. The second-order valence-electron chi connectivity index (χ2n) is 9.44. The Morgan fingerprint density at radius 1 is 1.19 bits per heavy atom. The summed E-state index contributed by atoms with van der Waals surface area (Å²) in [5, 5.41) is 3.22. The highest BCUT2D eigenvalue weighted by molar-refractivity contribution is 6.30. The van der Waals surface area contributed by atoms with E-state index in [2.05, 4.69) is 19.5 Å². The van der Waals surface area contributed by atoms with Gasteiger partial charge in [-0.2, -0.15) is 8.78 Å². The van der Waals surface area contributed by atoms with Gasteiger partial charge in [-0.3, -0.25) is 9.69 Å². The highest BCUT2D eigenvalue weighted by atomic mass is 35.5. The number of hydrogen-bond donors (Lipinski definition) is 1. The van der Waals surface area contributed by atoms with E-state index >= 15 is 0 Å². The first-order valence-corrected chi connectivity index (χ1v) is 12.8. The maximum absolute atomic E-state index is 14.4. The lowest BCUT2D eigenvalue weighted by molar-refractivity contribution is -0.128. The molecule has 2 aliphatic rings. The van der Waals surface area contributed by atoms with Crippen molar-refractivity contribution in [3.8, 4) is 5.75 Å². The van der Waals surface area contributed by atoms with Crippen LogP contribution >= 0.6 is 11.6 Å². The fraction of sp³-hybridized carbons (Fsp3) is 0.407. The van der Waals surface area contributed by atoms with Crippen molar-refractivity contribution in [2.24, 2.45) is 0 Å². The van der Waals surface area contributed by atoms with E-state index in [-0.39, 0.29) is 11.9 Å². The quantitative estimate of drug-likeness (QED) is 0.388. The van der Waals surface area contributed by atoms with Crippen LogP contribution in [0, 0.1) is 5.82 Å². The standard InChI is InChI=1S/C27H28ClF3N4O2/c1-32-26(36)22(17-5-3-2-4-6-17)34-13-14-35-23(24(28)33-25(35)18-9-10-18)20(34)11-7-16-8-12-21(19(29)15-16)37-27(30)31/h2-6,8,12,15,18,20,22,27H,7,9-11,13-14H2,1H3,(H,32,36)/t20-,22+/m0/s1. The van der Waals surface area contributed by atoms with Crippen LogP contribution in [0.4, 0.5) is 13.2 Å². The molecule has 10 heteroatoms. The zero-order valence-corrected chi connectivity index (χ0v) is 21.1. The van der Waals surface area contributed by atoms with Gasteiger partial charge in [-0.15, -0.1) is 0 Å². The Hall–Kier alpha value is -3.04. The normalized spacial score (nSPS) is 18.5. The molecule has 1 N–H and O–H groups in total. The molecule has 0 saturated heterocycles. The van der Waals surface area contributed by atoms with E-state index in [1.165, 1.54) is 12.1 Å². The van der Waals surface area contributed by atoms with Gasteiger partial charge in [0.05, 0.1) is 11.7 Å². The van der Waals surface area contributed by atoms with Crippen molar-refractivity contribution >= 4 is 17.5 Å². The van der Waals surface area contributed by atoms with E-state index in [0.29, 0.717) is 42.6 Å². The van der Waals surface area contributed by atoms with Gasteiger partial charge in [-0.25, -0.2) is 9.37 Å². The van der Waals surface area contributed by atoms with Gasteiger partial charge in [0.15, 0.2) is 16.7 Å². The number of alkyl halides is 2. The summed E-state index contributed by atoms with van der Waals surface area (Å²) in [5.41, 5.74) is 2.35. The van der Waals surface area contributed by atoms with E-state index in [0.717, 1.165) is 29.9 Å². The molecule has 1 saturated carbocycles. The zero-order chi connectivity index (χ0) is 26.1. The number of halogens is 4. The molecule has 5 rings (SSSR count). The predicted molar refractivity (Wildman–Crippen MR) is 133 cm³/mol. The summed E-state index contributed by atoms with van der Waals surface area (Å²) in [6.45, 7) is -1.84. The maximum atomic E-state index is 14.4. The first-order chi connectivity index (χ1) is 17.9. The van der Waals surface area contributed by atoms with Gasteiger partial charge in [0.25, 0.3) is 0 Å². The summed E-state index contributed by atoms with van der Waals surface area (Å²) in [6.07, 6.45) is 3.11. The van der Waals surface area contributed by atoms with Crippen LogP contribution in [0.5, 0.6) is 5.75 Å². The third-order valence-corrected chi connectivity index (χ3v) is 7.37. The molecule has 0 unspecified atom stereocenters. The van der Waals surface area contributed by atoms with Gasteiger partial charge >= 0.3 is 6.61 Å². The number of aromatic nitrogens is 2. The molecule has 0 spiro atoms. The summed E-state index contributed by atoms with van der Waals surface area (Å²) in [5.74, 6) is -0.0802. The van der Waals surface area contributed by atoms with Crippen molar-refractivity contribution in [1.82, 2.24) is 19.8 Å². The minimum Gasteiger partial charge on any atom is -0.432 e. The molecule has 2 heterocycles. The highest BCUT2D eigenvalue weighted by Gasteiger charge is 2.41. The van der Waals surface area contributed by atoms with Gasteiger partial charge in [0.2, 0.25) is 5.91 Å². The number of benzene rings is 2. The Morgan fingerprint density at radius 2 is 1.95 bits per heavy atom. The van der Waals surface area contributed by atoms with Crippen LogP contribution in [0.1, 0.15) is 59.9 Å². The summed E-state index contributed by atoms with van der Waals surface area (Å²) in [6, 6.07) is 12.7. The number of carbonyl (C=O) groups excluding carboxylic acids is 1. The van der Waals surface area contributed by atoms with Gasteiger partial charge in [-0.05, 0) is 48.9 Å². The molecule has 1 aliphatic carbocycles. The van der Waals surface area contributed by atoms with E-state index < -0.39 is 24.2 Å². The van der Waals surface area contributed by atoms with Gasteiger partial charge in [0.1, 0.15) is 11.9 Å². The lowest BCUT2D eigenvalue weighted by Crippen LogP contribution is -2.46. The second kappa shape index (κ2) is 10.8. The molecule has 2 atom stereocenters. The number of likely N-dealkylation sites (N-methyl/N-ethyl adjacent to an activating group) is 1. The van der Waals surface area contributed by atoms with Crippen LogP contribution in [0.2, 0.25) is 5.15 Å². The van der Waals surface area contributed by atoms with Crippen LogP contribution < -0.4 is 10.1 Å². The number of ether oxygens (including phenoxy) is 1. The number of rotatable bonds is 9. The molecule has 1 aromatic heterocycles. The zero-order valence-electron chi connectivity index (χ0n) is 20.3. The van der Waals surface area contributed by atoms with E-state index in [1.54, 1.807) is 13.1 Å². The molecule has 196 valence electrons. The Labute approximate surface area is 218 Å². The molecular weight excluding hydrogens is 505 g/mol. The fourth-order valence-electron chi connectivity index (χ4n) is 5.26. The lowest BCUT2D eigenvalue weighted by atomic mass is 9.95. The van der Waals surface area contributed by atoms with Crippen molar-refractivity contribution < 1.29 is 22.7 Å². The van der Waals surface area contributed by atoms with Gasteiger partial charge < -0.3 is 14.6 Å². The summed E-state index contributed by atoms with van der Waals surface area (Å²) in [7, 11) is 1.62. The van der Waals surface area contributed by atoms with Crippen molar-refractivity contribution in [1.29, 1.82) is 0 Å². The molecule has 1 aliphatic heterocycles. The number of nitrogens with one attached hydrogen (secondary N) is 1. The van der Waals surface area contributed by atoms with Crippen molar-refractivity contribution in [2.45, 2.75) is 56.8 Å². The minimum atomic E-state index is -3.10. The first kappa shape index (κ1) is 25.6. The molecule has 0 bridgehead atoms. The largest absolute Gasteiger partial charge is 0.432 e. The number of aryl methyl sites for hydroxylation is 1. The minimum absolute atomic E-state index is 0.137. The van der Waals surface area contributed by atoms with Crippen LogP contribution in [0.25, 0.3) is 0 Å². The molecule has 1 fully saturated rings. The molecule has 1 amide bonds. The summed E-state index contributed by atoms with van der Waals surface area (Å²) < 4.78 is 45.9. The van der Waals surface area contributed by atoms with Gasteiger partial charge in [0, 0.05) is 26.1 Å². The first-order valence-electron chi connectivity index (χ1n) is 12.4. The second-order valence-corrected chi connectivity index (χ2v) is 9.79. The van der Waals surface area contributed by atoms with Gasteiger partial charge in [-0.1, -0.05) is 48.0 Å². The number of nitrogens with zero attached hydrogens (tertiary/aromatic N) is 3. The summed E-state index contributed by atoms with van der Waals surface area (Å²) >= 11 is 6.73. The number of amides is 1. The lowest BCUT2D eigenvalue weighted by Gasteiger charge is -2.41. The third-order valence-electron chi connectivity index (χ3n) is 7.09. The average Bonchev–Trinajstić information content (AvgIpc) is 3.68. The van der Waals surface area contributed by atoms with E-state index in [9.17, 15) is 18.0 Å². The van der Waals surface area contributed by atoms with Crippen molar-refractivity contribution in [2.75, 3.05) is 13.6 Å². The maximum Gasteiger partial charge on any atom is 0.387 e. The van der Waals surface area contributed by atoms with Crippen LogP contribution in [-0.4, -0.2) is 40.6 Å². The van der Waals surface area contributed by atoms with Crippen molar-refractivity contribution in [3.05, 3.63) is 82.1 Å². The molecule has 0 radical (unpaired) electrons. The summed E-state index contributed by atoms with van der Waals surface area (Å²) in [4.78, 5) is 20.0. The Kier molecular flexibility index (Phi) is 7.44. The Morgan fingerprint density at radius 3 is 2.59 bits per heavy atom. The Balaban J connectivity index is 1.49. The van der Waals surface area contributed by atoms with E-state index in [4.69, 9.17) is 16.6 Å². The van der Waals surface area contributed by atoms with Crippen LogP contribution in [-0.2, 0) is 17.8 Å². The smallest absolute Gasteiger partial charge is 0.387 e. The monoisotopic (exact) mass is 532 g/mol. The molecule has 6 nitrogen and oxygen atoms in total. The average molecular weight is 533 g/mol. The third kappa shape index (κ3) is 5.33. The number of fused-ring (bicyclic) bond motifs is 1. The fourth-order valence-corrected chi connectivity index (χ4v) is 5.57. The Bertz CT molecular complexity index is 1270. The predicted octanol–water partition coefficient (Wildman–Crippen LogP) is 5.63. The molecule has 3 aromatic rings. The number of carbonyl (C=O) groups is 1. The SMILES string of the molecule is CNC(=O)[C@@H](c1ccccc1)N1CCn2c(C3CC3)nc(Cl)c2[C@@H]1CCc1ccc(OC(F)F)c(F)c1. The number of hydrogen-bond acceptors (Lipinski definition) is 4. The number of imidazole rings is 1. The molecule has 2 aromatic carbocycles. The van der Waals surface area contributed by atoms with Crippen molar-refractivity contribution in [3.63, 3.8) is 0 Å². The van der Waals surface area contributed by atoms with E-state index in [1.807, 2.05) is 30.3 Å². The molecular formula is C27H28ClF3N4O2. The van der Waals surface area contributed by atoms with Crippen LogP contribution in [0.15, 0.2) is 48.5 Å².